The lowest BCUT2D eigenvalue weighted by atomic mass is 10.2. The Morgan fingerprint density at radius 3 is 2.53 bits per heavy atom. The van der Waals surface area contributed by atoms with Gasteiger partial charge in [-0.1, -0.05) is 27.5 Å². The van der Waals surface area contributed by atoms with Crippen molar-refractivity contribution in [3.63, 3.8) is 0 Å². The molecule has 0 saturated heterocycles. The van der Waals surface area contributed by atoms with E-state index in [1.165, 1.54) is 18.2 Å². The lowest BCUT2D eigenvalue weighted by Crippen LogP contribution is -2.12. The van der Waals surface area contributed by atoms with Crippen LogP contribution in [0.4, 0.5) is 10.1 Å². The van der Waals surface area contributed by atoms with Crippen LogP contribution in [0.5, 0.6) is 0 Å². The van der Waals surface area contributed by atoms with Crippen LogP contribution in [0.3, 0.4) is 0 Å². The van der Waals surface area contributed by atoms with E-state index in [4.69, 9.17) is 11.6 Å². The standard InChI is InChI=1S/C13H7Br2ClFNO/c14-7-1-3-9(10(15)5-7)13(19)18-8-2-4-12(17)11(16)6-8/h1-6H,(H,18,19). The highest BCUT2D eigenvalue weighted by Gasteiger charge is 2.11. The van der Waals surface area contributed by atoms with Crippen molar-refractivity contribution in [2.75, 3.05) is 5.32 Å². The van der Waals surface area contributed by atoms with Crippen LogP contribution in [0, 0.1) is 5.82 Å². The molecule has 0 saturated carbocycles. The van der Waals surface area contributed by atoms with E-state index in [0.29, 0.717) is 15.7 Å². The summed E-state index contributed by atoms with van der Waals surface area (Å²) in [7, 11) is 0. The normalized spacial score (nSPS) is 10.3. The zero-order chi connectivity index (χ0) is 14.0. The number of halogens is 4. The summed E-state index contributed by atoms with van der Waals surface area (Å²) in [5, 5.41) is 2.62. The van der Waals surface area contributed by atoms with Gasteiger partial charge in [-0.2, -0.15) is 0 Å². The maximum absolute atomic E-state index is 13.0. The average Bonchev–Trinajstić information content (AvgIpc) is 2.33. The first kappa shape index (κ1) is 14.5. The number of nitrogens with one attached hydrogen (secondary N) is 1. The highest BCUT2D eigenvalue weighted by molar-refractivity contribution is 9.11. The van der Waals surface area contributed by atoms with Gasteiger partial charge in [-0.15, -0.1) is 0 Å². The van der Waals surface area contributed by atoms with Crippen LogP contribution in [-0.4, -0.2) is 5.91 Å². The summed E-state index contributed by atoms with van der Waals surface area (Å²) in [6.07, 6.45) is 0. The molecule has 1 N–H and O–H groups in total. The molecule has 2 rings (SSSR count). The number of amides is 1. The SMILES string of the molecule is O=C(Nc1ccc(F)c(Cl)c1)c1ccc(Br)cc1Br. The van der Waals surface area contributed by atoms with Crippen molar-refractivity contribution >= 4 is 55.1 Å². The van der Waals surface area contributed by atoms with Crippen LogP contribution in [0.15, 0.2) is 45.3 Å². The van der Waals surface area contributed by atoms with Gasteiger partial charge in [0, 0.05) is 14.6 Å². The number of hydrogen-bond donors (Lipinski definition) is 1. The molecule has 19 heavy (non-hydrogen) atoms. The molecule has 0 fully saturated rings. The van der Waals surface area contributed by atoms with E-state index in [1.807, 2.05) is 0 Å². The van der Waals surface area contributed by atoms with E-state index in [-0.39, 0.29) is 10.9 Å². The van der Waals surface area contributed by atoms with Crippen molar-refractivity contribution < 1.29 is 9.18 Å². The lowest BCUT2D eigenvalue weighted by Gasteiger charge is -2.08. The molecule has 2 nitrogen and oxygen atoms in total. The Labute approximate surface area is 131 Å². The third-order valence-corrected chi connectivity index (χ3v) is 3.79. The second-order valence-corrected chi connectivity index (χ2v) is 5.88. The molecule has 0 bridgehead atoms. The molecule has 0 heterocycles. The van der Waals surface area contributed by atoms with E-state index < -0.39 is 5.82 Å². The third-order valence-electron chi connectivity index (χ3n) is 2.35. The zero-order valence-corrected chi connectivity index (χ0v) is 13.3. The molecular weight excluding hydrogens is 400 g/mol. The quantitative estimate of drug-likeness (QED) is 0.723. The third kappa shape index (κ3) is 3.55. The molecule has 1 amide bonds. The Balaban J connectivity index is 2.23. The molecule has 0 radical (unpaired) electrons. The van der Waals surface area contributed by atoms with Gasteiger partial charge >= 0.3 is 0 Å². The Hall–Kier alpha value is -0.910. The number of hydrogen-bond acceptors (Lipinski definition) is 1. The average molecular weight is 407 g/mol. The highest BCUT2D eigenvalue weighted by atomic mass is 79.9. The number of carbonyl (C=O) groups excluding carboxylic acids is 1. The number of rotatable bonds is 2. The summed E-state index contributed by atoms with van der Waals surface area (Å²) in [6, 6.07) is 9.22. The lowest BCUT2D eigenvalue weighted by molar-refractivity contribution is 0.102. The van der Waals surface area contributed by atoms with Crippen molar-refractivity contribution in [1.82, 2.24) is 0 Å². The predicted octanol–water partition coefficient (Wildman–Crippen LogP) is 5.26. The van der Waals surface area contributed by atoms with Gasteiger partial charge in [0.2, 0.25) is 0 Å². The van der Waals surface area contributed by atoms with Crippen molar-refractivity contribution in [2.45, 2.75) is 0 Å². The molecule has 6 heteroatoms. The van der Waals surface area contributed by atoms with E-state index >= 15 is 0 Å². The summed E-state index contributed by atoms with van der Waals surface area (Å²) >= 11 is 12.3. The number of carbonyl (C=O) groups is 1. The van der Waals surface area contributed by atoms with Gasteiger partial charge in [-0.05, 0) is 52.3 Å². The first-order valence-corrected chi connectivity index (χ1v) is 7.15. The van der Waals surface area contributed by atoms with Crippen molar-refractivity contribution in [3.05, 3.63) is 61.7 Å². The van der Waals surface area contributed by atoms with Gasteiger partial charge in [-0.25, -0.2) is 4.39 Å². The zero-order valence-electron chi connectivity index (χ0n) is 9.38. The first-order chi connectivity index (χ1) is 8.97. The molecular formula is C13H7Br2ClFNO. The highest BCUT2D eigenvalue weighted by Crippen LogP contribution is 2.24. The van der Waals surface area contributed by atoms with E-state index in [2.05, 4.69) is 37.2 Å². The topological polar surface area (TPSA) is 29.1 Å². The molecule has 98 valence electrons. The summed E-state index contributed by atoms with van der Waals surface area (Å²) in [5.74, 6) is -0.827. The number of benzene rings is 2. The molecule has 2 aromatic rings. The minimum Gasteiger partial charge on any atom is -0.322 e. The van der Waals surface area contributed by atoms with Crippen molar-refractivity contribution in [3.8, 4) is 0 Å². The Kier molecular flexibility index (Phi) is 4.60. The minimum atomic E-state index is -0.524. The first-order valence-electron chi connectivity index (χ1n) is 5.19. The molecule has 0 aliphatic carbocycles. The van der Waals surface area contributed by atoms with Gasteiger partial charge in [0.1, 0.15) is 5.82 Å². The molecule has 2 aromatic carbocycles. The second kappa shape index (κ2) is 6.03. The molecule has 0 aromatic heterocycles. The molecule has 0 aliphatic heterocycles. The molecule has 0 unspecified atom stereocenters. The predicted molar refractivity (Wildman–Crippen MR) is 81.2 cm³/mol. The van der Waals surface area contributed by atoms with Gasteiger partial charge < -0.3 is 5.32 Å². The van der Waals surface area contributed by atoms with Crippen LogP contribution in [-0.2, 0) is 0 Å². The summed E-state index contributed by atoms with van der Waals surface area (Å²) < 4.78 is 14.5. The van der Waals surface area contributed by atoms with Gasteiger partial charge in [0.25, 0.3) is 5.91 Å². The molecule has 0 aliphatic rings. The molecule has 0 spiro atoms. The maximum atomic E-state index is 13.0. The van der Waals surface area contributed by atoms with Crippen LogP contribution >= 0.6 is 43.5 Å². The fourth-order valence-electron chi connectivity index (χ4n) is 1.45. The Morgan fingerprint density at radius 1 is 1.16 bits per heavy atom. The Morgan fingerprint density at radius 2 is 1.89 bits per heavy atom. The van der Waals surface area contributed by atoms with Gasteiger partial charge in [0.15, 0.2) is 0 Å². The van der Waals surface area contributed by atoms with Gasteiger partial charge in [0.05, 0.1) is 10.6 Å². The van der Waals surface area contributed by atoms with E-state index in [9.17, 15) is 9.18 Å². The van der Waals surface area contributed by atoms with Crippen LogP contribution in [0.2, 0.25) is 5.02 Å². The summed E-state index contributed by atoms with van der Waals surface area (Å²) in [4.78, 5) is 12.0. The van der Waals surface area contributed by atoms with Crippen LogP contribution < -0.4 is 5.32 Å². The monoisotopic (exact) mass is 405 g/mol. The minimum absolute atomic E-state index is 0.0346. The molecule has 0 atom stereocenters. The van der Waals surface area contributed by atoms with E-state index in [1.54, 1.807) is 18.2 Å². The number of anilines is 1. The smallest absolute Gasteiger partial charge is 0.256 e. The van der Waals surface area contributed by atoms with Gasteiger partial charge in [-0.3, -0.25) is 4.79 Å². The van der Waals surface area contributed by atoms with Crippen molar-refractivity contribution in [1.29, 1.82) is 0 Å². The fraction of sp³-hybridized carbons (Fsp3) is 0. The summed E-state index contributed by atoms with van der Waals surface area (Å²) in [6.45, 7) is 0. The largest absolute Gasteiger partial charge is 0.322 e. The van der Waals surface area contributed by atoms with Crippen molar-refractivity contribution in [2.24, 2.45) is 0 Å². The maximum Gasteiger partial charge on any atom is 0.256 e. The second-order valence-electron chi connectivity index (χ2n) is 3.71. The Bertz CT molecular complexity index is 649. The fourth-order valence-corrected chi connectivity index (χ4v) is 2.85. The van der Waals surface area contributed by atoms with Crippen LogP contribution in [0.25, 0.3) is 0 Å². The van der Waals surface area contributed by atoms with E-state index in [0.717, 1.165) is 4.47 Å². The van der Waals surface area contributed by atoms with Crippen LogP contribution in [0.1, 0.15) is 10.4 Å². The summed E-state index contributed by atoms with van der Waals surface area (Å²) in [5.41, 5.74) is 0.912.